The Hall–Kier alpha value is -1.92. The maximum Gasteiger partial charge on any atom is 0.316 e. The van der Waals surface area contributed by atoms with Crippen LogP contribution in [0.2, 0.25) is 0 Å². The highest BCUT2D eigenvalue weighted by Crippen LogP contribution is 2.39. The zero-order valence-electron chi connectivity index (χ0n) is 13.5. The van der Waals surface area contributed by atoms with Gasteiger partial charge in [-0.1, -0.05) is 0 Å². The van der Waals surface area contributed by atoms with Crippen LogP contribution in [0.3, 0.4) is 0 Å². The van der Waals surface area contributed by atoms with Gasteiger partial charge in [-0.25, -0.2) is 9.37 Å². The van der Waals surface area contributed by atoms with Crippen molar-refractivity contribution in [3.05, 3.63) is 17.7 Å². The average Bonchev–Trinajstić information content (AvgIpc) is 2.94. The number of amides is 1. The van der Waals surface area contributed by atoms with Crippen LogP contribution in [0, 0.1) is 0 Å². The summed E-state index contributed by atoms with van der Waals surface area (Å²) in [4.78, 5) is 30.6. The van der Waals surface area contributed by atoms with Crippen LogP contribution in [0.5, 0.6) is 0 Å². The number of nitrogens with zero attached hydrogens (tertiary/aromatic N) is 3. The number of esters is 1. The average molecular weight is 323 g/mol. The number of imidazole rings is 1. The zero-order valence-corrected chi connectivity index (χ0v) is 13.5. The Morgan fingerprint density at radius 1 is 1.43 bits per heavy atom. The van der Waals surface area contributed by atoms with Gasteiger partial charge >= 0.3 is 5.97 Å². The Labute approximate surface area is 134 Å². The second-order valence-corrected chi connectivity index (χ2v) is 6.17. The van der Waals surface area contributed by atoms with Gasteiger partial charge in [-0.15, -0.1) is 0 Å². The molecular formula is C16H22FN3O3. The quantitative estimate of drug-likeness (QED) is 0.792. The first-order valence-corrected chi connectivity index (χ1v) is 8.19. The molecule has 126 valence electrons. The fraction of sp³-hybridized carbons (Fsp3) is 0.688. The van der Waals surface area contributed by atoms with Crippen molar-refractivity contribution in [3.63, 3.8) is 0 Å². The van der Waals surface area contributed by atoms with E-state index in [0.717, 1.165) is 12.1 Å². The van der Waals surface area contributed by atoms with Gasteiger partial charge in [-0.3, -0.25) is 9.59 Å². The van der Waals surface area contributed by atoms with E-state index in [9.17, 15) is 14.0 Å². The maximum atomic E-state index is 14.5. The number of halogens is 1. The second kappa shape index (κ2) is 5.94. The van der Waals surface area contributed by atoms with Gasteiger partial charge in [0.05, 0.1) is 30.9 Å². The van der Waals surface area contributed by atoms with Crippen LogP contribution in [0.25, 0.3) is 0 Å². The fourth-order valence-corrected chi connectivity index (χ4v) is 3.33. The molecule has 2 heterocycles. The van der Waals surface area contributed by atoms with Crippen LogP contribution in [0.1, 0.15) is 50.4 Å². The lowest BCUT2D eigenvalue weighted by Crippen LogP contribution is -2.53. The Kier molecular flexibility index (Phi) is 4.12. The summed E-state index contributed by atoms with van der Waals surface area (Å²) in [5.41, 5.74) is -0.312. The number of carbonyl (C=O) groups excluding carboxylic acids is 2. The molecule has 1 amide bonds. The molecule has 1 aromatic heterocycles. The van der Waals surface area contributed by atoms with E-state index in [1.54, 1.807) is 13.3 Å². The molecule has 0 radical (unpaired) electrons. The number of alkyl halides is 1. The summed E-state index contributed by atoms with van der Waals surface area (Å²) in [6.07, 6.45) is 2.93. The third-order valence-electron chi connectivity index (χ3n) is 4.76. The van der Waals surface area contributed by atoms with Gasteiger partial charge < -0.3 is 14.2 Å². The summed E-state index contributed by atoms with van der Waals surface area (Å²) in [7, 11) is 0. The Bertz CT molecular complexity index is 624. The van der Waals surface area contributed by atoms with Crippen molar-refractivity contribution < 1.29 is 18.7 Å². The predicted molar refractivity (Wildman–Crippen MR) is 80.4 cm³/mol. The highest BCUT2D eigenvalue weighted by Gasteiger charge is 2.49. The van der Waals surface area contributed by atoms with E-state index in [0.29, 0.717) is 12.2 Å². The van der Waals surface area contributed by atoms with Crippen LogP contribution in [-0.4, -0.2) is 45.1 Å². The molecule has 0 bridgehead atoms. The summed E-state index contributed by atoms with van der Waals surface area (Å²) in [6.45, 7) is 5.06. The van der Waals surface area contributed by atoms with Crippen LogP contribution >= 0.6 is 0 Å². The standard InChI is InChI=1S/C16H22FN3O3/c1-3-19-10-18-12-9-20(15(22)16(17)6-5-7-16)8-11(13(12)19)14(21)23-4-2/h10-11H,3-9H2,1-2H3. The smallest absolute Gasteiger partial charge is 0.316 e. The lowest BCUT2D eigenvalue weighted by Gasteiger charge is -2.39. The van der Waals surface area contributed by atoms with Crippen molar-refractivity contribution in [1.82, 2.24) is 14.5 Å². The number of hydrogen-bond donors (Lipinski definition) is 0. The van der Waals surface area contributed by atoms with E-state index >= 15 is 0 Å². The molecule has 1 saturated carbocycles. The molecule has 1 aromatic rings. The molecule has 1 fully saturated rings. The molecule has 0 spiro atoms. The lowest BCUT2D eigenvalue weighted by molar-refractivity contribution is -0.154. The SMILES string of the molecule is CCOC(=O)C1CN(C(=O)C2(F)CCC2)Cc2ncn(CC)c21. The number of rotatable bonds is 4. The van der Waals surface area contributed by atoms with Gasteiger partial charge in [0.1, 0.15) is 5.92 Å². The van der Waals surface area contributed by atoms with Crippen molar-refractivity contribution in [2.45, 2.75) is 57.8 Å². The van der Waals surface area contributed by atoms with Crippen molar-refractivity contribution in [1.29, 1.82) is 0 Å². The molecule has 23 heavy (non-hydrogen) atoms. The molecule has 6 nitrogen and oxygen atoms in total. The summed E-state index contributed by atoms with van der Waals surface area (Å²) in [5.74, 6) is -1.51. The van der Waals surface area contributed by atoms with Gasteiger partial charge in [0.25, 0.3) is 5.91 Å². The number of aromatic nitrogens is 2. The molecule has 3 rings (SSSR count). The van der Waals surface area contributed by atoms with Crippen molar-refractivity contribution >= 4 is 11.9 Å². The highest BCUT2D eigenvalue weighted by molar-refractivity contribution is 5.88. The molecule has 1 aliphatic carbocycles. The Morgan fingerprint density at radius 2 is 2.17 bits per heavy atom. The van der Waals surface area contributed by atoms with E-state index in [4.69, 9.17) is 4.74 Å². The molecule has 2 aliphatic rings. The first kappa shape index (κ1) is 16.0. The summed E-state index contributed by atoms with van der Waals surface area (Å²) < 4.78 is 21.5. The molecule has 1 aliphatic heterocycles. The largest absolute Gasteiger partial charge is 0.465 e. The molecule has 7 heteroatoms. The maximum absolute atomic E-state index is 14.5. The number of aryl methyl sites for hydroxylation is 1. The second-order valence-electron chi connectivity index (χ2n) is 6.17. The molecular weight excluding hydrogens is 301 g/mol. The molecule has 0 aromatic carbocycles. The van der Waals surface area contributed by atoms with E-state index in [-0.39, 0.29) is 38.5 Å². The van der Waals surface area contributed by atoms with Crippen LogP contribution < -0.4 is 0 Å². The summed E-state index contributed by atoms with van der Waals surface area (Å²) >= 11 is 0. The zero-order chi connectivity index (χ0) is 16.6. The molecule has 0 saturated heterocycles. The lowest BCUT2D eigenvalue weighted by atomic mass is 9.80. The first-order valence-electron chi connectivity index (χ1n) is 8.19. The number of carbonyl (C=O) groups is 2. The molecule has 0 N–H and O–H groups in total. The fourth-order valence-electron chi connectivity index (χ4n) is 3.33. The van der Waals surface area contributed by atoms with E-state index in [1.165, 1.54) is 4.90 Å². The van der Waals surface area contributed by atoms with Gasteiger partial charge in [0.2, 0.25) is 0 Å². The minimum absolute atomic E-state index is 0.155. The normalized spacial score (nSPS) is 22.2. The molecule has 1 unspecified atom stereocenters. The van der Waals surface area contributed by atoms with Crippen LogP contribution in [0.15, 0.2) is 6.33 Å². The highest BCUT2D eigenvalue weighted by atomic mass is 19.1. The van der Waals surface area contributed by atoms with Crippen LogP contribution in [0.4, 0.5) is 4.39 Å². The van der Waals surface area contributed by atoms with Crippen LogP contribution in [-0.2, 0) is 27.4 Å². The minimum Gasteiger partial charge on any atom is -0.465 e. The minimum atomic E-state index is -1.76. The monoisotopic (exact) mass is 323 g/mol. The van der Waals surface area contributed by atoms with Gasteiger partial charge in [0, 0.05) is 13.1 Å². The van der Waals surface area contributed by atoms with Gasteiger partial charge in [-0.2, -0.15) is 0 Å². The van der Waals surface area contributed by atoms with Gasteiger partial charge in [-0.05, 0) is 33.1 Å². The number of hydrogen-bond acceptors (Lipinski definition) is 4. The van der Waals surface area contributed by atoms with E-state index in [2.05, 4.69) is 4.98 Å². The van der Waals surface area contributed by atoms with E-state index in [1.807, 2.05) is 11.5 Å². The number of ether oxygens (including phenoxy) is 1. The Morgan fingerprint density at radius 3 is 2.74 bits per heavy atom. The first-order chi connectivity index (χ1) is 11.0. The van der Waals surface area contributed by atoms with Crippen molar-refractivity contribution in [2.75, 3.05) is 13.2 Å². The van der Waals surface area contributed by atoms with Gasteiger partial charge in [0.15, 0.2) is 5.67 Å². The topological polar surface area (TPSA) is 64.4 Å². The predicted octanol–water partition coefficient (Wildman–Crippen LogP) is 1.78. The third-order valence-corrected chi connectivity index (χ3v) is 4.76. The van der Waals surface area contributed by atoms with E-state index < -0.39 is 17.5 Å². The summed E-state index contributed by atoms with van der Waals surface area (Å²) in [6, 6.07) is 0. The Balaban J connectivity index is 1.90. The summed E-state index contributed by atoms with van der Waals surface area (Å²) in [5, 5.41) is 0. The van der Waals surface area contributed by atoms with Crippen molar-refractivity contribution in [3.8, 4) is 0 Å². The molecule has 1 atom stereocenters. The van der Waals surface area contributed by atoms with Crippen molar-refractivity contribution in [2.24, 2.45) is 0 Å². The number of fused-ring (bicyclic) bond motifs is 1. The third kappa shape index (κ3) is 2.62.